The summed E-state index contributed by atoms with van der Waals surface area (Å²) in [4.78, 5) is 0. The van der Waals surface area contributed by atoms with Crippen LogP contribution in [0, 0.1) is 17.3 Å². The van der Waals surface area contributed by atoms with Crippen LogP contribution >= 0.6 is 0 Å². The average Bonchev–Trinajstić information content (AvgIpc) is 2.86. The molecule has 1 aromatic rings. The van der Waals surface area contributed by atoms with Gasteiger partial charge in [-0.05, 0) is 41.2 Å². The van der Waals surface area contributed by atoms with E-state index in [9.17, 15) is 0 Å². The zero-order chi connectivity index (χ0) is 12.6. The first-order chi connectivity index (χ1) is 7.90. The lowest BCUT2D eigenvalue weighted by Gasteiger charge is -2.15. The first kappa shape index (κ1) is 12.6. The van der Waals surface area contributed by atoms with Crippen LogP contribution in [0.4, 0.5) is 0 Å². The minimum Gasteiger partial charge on any atom is -0.324 e. The summed E-state index contributed by atoms with van der Waals surface area (Å²) in [5, 5.41) is 0. The number of benzene rings is 1. The molecule has 0 amide bonds. The number of hydrogen-bond donors (Lipinski definition) is 1. The van der Waals surface area contributed by atoms with E-state index in [2.05, 4.69) is 52.0 Å². The molecular formula is C16H25N. The van der Waals surface area contributed by atoms with Gasteiger partial charge in [-0.25, -0.2) is 0 Å². The Kier molecular flexibility index (Phi) is 3.31. The molecule has 1 aliphatic rings. The molecule has 0 saturated heterocycles. The zero-order valence-electron chi connectivity index (χ0n) is 11.5. The van der Waals surface area contributed by atoms with Gasteiger partial charge in [-0.15, -0.1) is 0 Å². The van der Waals surface area contributed by atoms with Gasteiger partial charge in [0.05, 0.1) is 0 Å². The number of rotatable bonds is 4. The number of hydrogen-bond acceptors (Lipinski definition) is 1. The molecule has 0 aliphatic heterocycles. The highest BCUT2D eigenvalue weighted by atomic mass is 14.7. The third-order valence-electron chi connectivity index (χ3n) is 4.00. The highest BCUT2D eigenvalue weighted by molar-refractivity contribution is 5.28. The van der Waals surface area contributed by atoms with E-state index in [4.69, 9.17) is 5.73 Å². The second kappa shape index (κ2) is 4.45. The van der Waals surface area contributed by atoms with Crippen LogP contribution in [0.5, 0.6) is 0 Å². The highest BCUT2D eigenvalue weighted by Gasteiger charge is 2.49. The van der Waals surface area contributed by atoms with E-state index in [1.54, 1.807) is 0 Å². The predicted molar refractivity (Wildman–Crippen MR) is 73.8 cm³/mol. The molecule has 17 heavy (non-hydrogen) atoms. The van der Waals surface area contributed by atoms with Gasteiger partial charge in [0.1, 0.15) is 0 Å². The van der Waals surface area contributed by atoms with Crippen molar-refractivity contribution < 1.29 is 0 Å². The first-order valence-corrected chi connectivity index (χ1v) is 6.74. The van der Waals surface area contributed by atoms with Gasteiger partial charge < -0.3 is 5.73 Å². The minimum atomic E-state index is 0.220. The molecule has 94 valence electrons. The standard InChI is InChI=1S/C16H25N/c1-11(2)8-12-6-5-7-13(9-12)15(17)14-10-16(14,3)4/h5-7,9,11,14-15H,8,10,17H2,1-4H3. The van der Waals surface area contributed by atoms with E-state index in [1.165, 1.54) is 17.5 Å². The smallest absolute Gasteiger partial charge is 0.0328 e. The highest BCUT2D eigenvalue weighted by Crippen LogP contribution is 2.56. The summed E-state index contributed by atoms with van der Waals surface area (Å²) >= 11 is 0. The van der Waals surface area contributed by atoms with Crippen LogP contribution in [0.25, 0.3) is 0 Å². The third-order valence-corrected chi connectivity index (χ3v) is 4.00. The second-order valence-electron chi connectivity index (χ2n) is 6.67. The van der Waals surface area contributed by atoms with Gasteiger partial charge in [-0.2, -0.15) is 0 Å². The maximum Gasteiger partial charge on any atom is 0.0328 e. The normalized spacial score (nSPS) is 23.8. The Labute approximate surface area is 105 Å². The summed E-state index contributed by atoms with van der Waals surface area (Å²) in [6, 6.07) is 9.08. The van der Waals surface area contributed by atoms with Crippen LogP contribution in [0.15, 0.2) is 24.3 Å². The number of nitrogens with two attached hydrogens (primary N) is 1. The Morgan fingerprint density at radius 1 is 1.35 bits per heavy atom. The first-order valence-electron chi connectivity index (χ1n) is 6.74. The summed E-state index contributed by atoms with van der Waals surface area (Å²) < 4.78 is 0. The van der Waals surface area contributed by atoms with Crippen molar-refractivity contribution in [2.24, 2.45) is 23.0 Å². The Morgan fingerprint density at radius 2 is 2.00 bits per heavy atom. The largest absolute Gasteiger partial charge is 0.324 e. The monoisotopic (exact) mass is 231 g/mol. The van der Waals surface area contributed by atoms with E-state index < -0.39 is 0 Å². The fraction of sp³-hybridized carbons (Fsp3) is 0.625. The topological polar surface area (TPSA) is 26.0 Å². The summed E-state index contributed by atoms with van der Waals surface area (Å²) in [7, 11) is 0. The van der Waals surface area contributed by atoms with Gasteiger partial charge in [-0.3, -0.25) is 0 Å². The van der Waals surface area contributed by atoms with Crippen molar-refractivity contribution in [2.75, 3.05) is 0 Å². The van der Waals surface area contributed by atoms with Crippen molar-refractivity contribution in [1.29, 1.82) is 0 Å². The van der Waals surface area contributed by atoms with Gasteiger partial charge in [0, 0.05) is 6.04 Å². The molecule has 0 heterocycles. The minimum absolute atomic E-state index is 0.220. The van der Waals surface area contributed by atoms with E-state index in [-0.39, 0.29) is 6.04 Å². The molecule has 0 aromatic heterocycles. The molecule has 1 saturated carbocycles. The van der Waals surface area contributed by atoms with E-state index in [0.29, 0.717) is 17.3 Å². The lowest BCUT2D eigenvalue weighted by molar-refractivity contribution is 0.491. The molecule has 1 nitrogen and oxygen atoms in total. The molecule has 0 radical (unpaired) electrons. The van der Waals surface area contributed by atoms with Gasteiger partial charge in [0.2, 0.25) is 0 Å². The van der Waals surface area contributed by atoms with E-state index in [1.807, 2.05) is 0 Å². The Bertz CT molecular complexity index is 392. The van der Waals surface area contributed by atoms with Crippen molar-refractivity contribution in [2.45, 2.75) is 46.6 Å². The molecule has 2 unspecified atom stereocenters. The zero-order valence-corrected chi connectivity index (χ0v) is 11.5. The molecule has 1 aliphatic carbocycles. The third kappa shape index (κ3) is 2.90. The second-order valence-corrected chi connectivity index (χ2v) is 6.67. The predicted octanol–water partition coefficient (Wildman–Crippen LogP) is 3.93. The summed E-state index contributed by atoms with van der Waals surface area (Å²) in [6.45, 7) is 9.15. The lowest BCUT2D eigenvalue weighted by atomic mass is 9.94. The van der Waals surface area contributed by atoms with Gasteiger partial charge in [0.15, 0.2) is 0 Å². The molecule has 1 aromatic carbocycles. The summed E-state index contributed by atoms with van der Waals surface area (Å²) in [6.07, 6.45) is 2.41. The Hall–Kier alpha value is -0.820. The van der Waals surface area contributed by atoms with Crippen molar-refractivity contribution in [3.05, 3.63) is 35.4 Å². The van der Waals surface area contributed by atoms with Crippen LogP contribution in [-0.4, -0.2) is 0 Å². The molecule has 2 atom stereocenters. The van der Waals surface area contributed by atoms with Gasteiger partial charge >= 0.3 is 0 Å². The SMILES string of the molecule is CC(C)Cc1cccc(C(N)C2CC2(C)C)c1. The van der Waals surface area contributed by atoms with Crippen LogP contribution < -0.4 is 5.73 Å². The molecular weight excluding hydrogens is 206 g/mol. The van der Waals surface area contributed by atoms with Crippen molar-refractivity contribution >= 4 is 0 Å². The van der Waals surface area contributed by atoms with Crippen molar-refractivity contribution in [3.8, 4) is 0 Å². The fourth-order valence-electron chi connectivity index (χ4n) is 2.75. The molecule has 0 spiro atoms. The molecule has 1 heteroatoms. The molecule has 2 rings (SSSR count). The molecule has 0 bridgehead atoms. The fourth-order valence-corrected chi connectivity index (χ4v) is 2.75. The van der Waals surface area contributed by atoms with E-state index >= 15 is 0 Å². The lowest BCUT2D eigenvalue weighted by Crippen LogP contribution is -2.15. The summed E-state index contributed by atoms with van der Waals surface area (Å²) in [5.41, 5.74) is 9.57. The molecule has 1 fully saturated rings. The van der Waals surface area contributed by atoms with Crippen LogP contribution in [-0.2, 0) is 6.42 Å². The Balaban J connectivity index is 2.11. The average molecular weight is 231 g/mol. The maximum absolute atomic E-state index is 6.38. The van der Waals surface area contributed by atoms with Crippen LogP contribution in [0.1, 0.15) is 51.3 Å². The summed E-state index contributed by atoms with van der Waals surface area (Å²) in [5.74, 6) is 1.37. The van der Waals surface area contributed by atoms with Crippen LogP contribution in [0.3, 0.4) is 0 Å². The quantitative estimate of drug-likeness (QED) is 0.834. The maximum atomic E-state index is 6.38. The van der Waals surface area contributed by atoms with Crippen molar-refractivity contribution in [1.82, 2.24) is 0 Å². The van der Waals surface area contributed by atoms with E-state index in [0.717, 1.165) is 6.42 Å². The van der Waals surface area contributed by atoms with Crippen molar-refractivity contribution in [3.63, 3.8) is 0 Å². The van der Waals surface area contributed by atoms with Crippen LogP contribution in [0.2, 0.25) is 0 Å². The molecule has 2 N–H and O–H groups in total. The van der Waals surface area contributed by atoms with Gasteiger partial charge in [-0.1, -0.05) is 52.0 Å². The van der Waals surface area contributed by atoms with Gasteiger partial charge in [0.25, 0.3) is 0 Å². The Morgan fingerprint density at radius 3 is 2.53 bits per heavy atom.